The highest BCUT2D eigenvalue weighted by Gasteiger charge is 2.05. The third-order valence-corrected chi connectivity index (χ3v) is 3.22. The van der Waals surface area contributed by atoms with Crippen LogP contribution >= 0.6 is 0 Å². The van der Waals surface area contributed by atoms with Crippen molar-refractivity contribution in [3.8, 4) is 5.75 Å². The normalized spacial score (nSPS) is 12.0. The molecule has 1 atom stereocenters. The molecular weight excluding hydrogens is 238 g/mol. The molecule has 0 aliphatic heterocycles. The van der Waals surface area contributed by atoms with Gasteiger partial charge in [-0.2, -0.15) is 0 Å². The van der Waals surface area contributed by atoms with Crippen molar-refractivity contribution in [2.75, 3.05) is 19.1 Å². The zero-order valence-electron chi connectivity index (χ0n) is 11.5. The molecule has 2 aromatic carbocycles. The van der Waals surface area contributed by atoms with Crippen LogP contribution in [0.4, 0.5) is 11.4 Å². The fraction of sp³-hybridized carbons (Fsp3) is 0.250. The van der Waals surface area contributed by atoms with Gasteiger partial charge in [0.25, 0.3) is 0 Å². The minimum atomic E-state index is -0.430. The van der Waals surface area contributed by atoms with Gasteiger partial charge in [-0.15, -0.1) is 0 Å². The molecule has 0 amide bonds. The first kappa shape index (κ1) is 13.4. The molecule has 0 bridgehead atoms. The van der Waals surface area contributed by atoms with Gasteiger partial charge in [0.2, 0.25) is 0 Å². The quantitative estimate of drug-likeness (QED) is 0.909. The van der Waals surface area contributed by atoms with Gasteiger partial charge in [-0.1, -0.05) is 12.1 Å². The van der Waals surface area contributed by atoms with Gasteiger partial charge in [0.05, 0.1) is 13.2 Å². The maximum Gasteiger partial charge on any atom is 0.119 e. The Labute approximate surface area is 114 Å². The molecule has 0 spiro atoms. The summed E-state index contributed by atoms with van der Waals surface area (Å²) in [4.78, 5) is 2.09. The second-order valence-electron chi connectivity index (χ2n) is 4.52. The average molecular weight is 257 g/mol. The smallest absolute Gasteiger partial charge is 0.119 e. The summed E-state index contributed by atoms with van der Waals surface area (Å²) in [5.74, 6) is 0.849. The van der Waals surface area contributed by atoms with Crippen LogP contribution in [0.5, 0.6) is 5.75 Å². The summed E-state index contributed by atoms with van der Waals surface area (Å²) >= 11 is 0. The van der Waals surface area contributed by atoms with Crippen LogP contribution in [0, 0.1) is 0 Å². The third-order valence-electron chi connectivity index (χ3n) is 3.22. The van der Waals surface area contributed by atoms with Crippen molar-refractivity contribution in [2.45, 2.75) is 13.0 Å². The fourth-order valence-corrected chi connectivity index (χ4v) is 1.93. The van der Waals surface area contributed by atoms with Gasteiger partial charge in [0.15, 0.2) is 0 Å². The lowest BCUT2D eigenvalue weighted by Gasteiger charge is -2.20. The summed E-state index contributed by atoms with van der Waals surface area (Å²) in [6, 6.07) is 15.8. The number of aliphatic hydroxyl groups excluding tert-OH is 1. The summed E-state index contributed by atoms with van der Waals surface area (Å²) in [5, 5.41) is 9.50. The predicted octanol–water partition coefficient (Wildman–Crippen LogP) is 3.52. The summed E-state index contributed by atoms with van der Waals surface area (Å²) in [6.45, 7) is 1.77. The molecule has 1 N–H and O–H groups in total. The number of hydrogen-bond acceptors (Lipinski definition) is 3. The van der Waals surface area contributed by atoms with Crippen molar-refractivity contribution in [1.82, 2.24) is 0 Å². The van der Waals surface area contributed by atoms with Gasteiger partial charge >= 0.3 is 0 Å². The van der Waals surface area contributed by atoms with E-state index in [1.807, 2.05) is 55.6 Å². The number of benzene rings is 2. The van der Waals surface area contributed by atoms with Gasteiger partial charge in [0.1, 0.15) is 5.75 Å². The standard InChI is InChI=1S/C16H19NO2/c1-12(18)13-4-6-14(7-5-13)17(2)15-8-10-16(19-3)11-9-15/h4-12,18H,1-3H3/t12-/m0/s1. The minimum Gasteiger partial charge on any atom is -0.497 e. The Bertz CT molecular complexity index is 517. The van der Waals surface area contributed by atoms with Crippen LogP contribution in [-0.4, -0.2) is 19.3 Å². The molecule has 0 unspecified atom stereocenters. The van der Waals surface area contributed by atoms with Crippen molar-refractivity contribution in [2.24, 2.45) is 0 Å². The number of nitrogens with zero attached hydrogens (tertiary/aromatic N) is 1. The van der Waals surface area contributed by atoms with E-state index in [1.54, 1.807) is 14.0 Å². The maximum atomic E-state index is 9.50. The first-order valence-corrected chi connectivity index (χ1v) is 6.27. The van der Waals surface area contributed by atoms with Gasteiger partial charge in [-0.25, -0.2) is 0 Å². The zero-order valence-corrected chi connectivity index (χ0v) is 11.5. The van der Waals surface area contributed by atoms with Gasteiger partial charge in [-0.05, 0) is 48.9 Å². The van der Waals surface area contributed by atoms with E-state index in [1.165, 1.54) is 0 Å². The molecule has 0 aliphatic carbocycles. The summed E-state index contributed by atoms with van der Waals surface area (Å²) in [7, 11) is 3.67. The average Bonchev–Trinajstić information content (AvgIpc) is 2.46. The highest BCUT2D eigenvalue weighted by molar-refractivity contribution is 5.63. The van der Waals surface area contributed by atoms with Crippen LogP contribution in [-0.2, 0) is 0 Å². The van der Waals surface area contributed by atoms with E-state index >= 15 is 0 Å². The van der Waals surface area contributed by atoms with Crippen molar-refractivity contribution in [3.63, 3.8) is 0 Å². The minimum absolute atomic E-state index is 0.430. The predicted molar refractivity (Wildman–Crippen MR) is 78.1 cm³/mol. The Kier molecular flexibility index (Phi) is 4.07. The van der Waals surface area contributed by atoms with Crippen molar-refractivity contribution in [1.29, 1.82) is 0 Å². The summed E-state index contributed by atoms with van der Waals surface area (Å²) < 4.78 is 5.15. The summed E-state index contributed by atoms with van der Waals surface area (Å²) in [6.07, 6.45) is -0.430. The van der Waals surface area contributed by atoms with Gasteiger partial charge < -0.3 is 14.7 Å². The lowest BCUT2D eigenvalue weighted by Crippen LogP contribution is -2.09. The molecule has 2 aromatic rings. The molecule has 0 aliphatic rings. The van der Waals surface area contributed by atoms with Crippen LogP contribution in [0.1, 0.15) is 18.6 Å². The number of rotatable bonds is 4. The van der Waals surface area contributed by atoms with E-state index in [0.29, 0.717) is 0 Å². The SMILES string of the molecule is COc1ccc(N(C)c2ccc([C@H](C)O)cc2)cc1. The number of anilines is 2. The molecule has 0 saturated heterocycles. The molecule has 0 saturated carbocycles. The topological polar surface area (TPSA) is 32.7 Å². The Balaban J connectivity index is 2.20. The highest BCUT2D eigenvalue weighted by atomic mass is 16.5. The van der Waals surface area contributed by atoms with E-state index in [2.05, 4.69) is 4.90 Å². The molecule has 19 heavy (non-hydrogen) atoms. The maximum absolute atomic E-state index is 9.50. The molecule has 0 radical (unpaired) electrons. The largest absolute Gasteiger partial charge is 0.497 e. The van der Waals surface area contributed by atoms with Crippen molar-refractivity contribution in [3.05, 3.63) is 54.1 Å². The van der Waals surface area contributed by atoms with Crippen LogP contribution in [0.3, 0.4) is 0 Å². The van der Waals surface area contributed by atoms with Crippen LogP contribution in [0.15, 0.2) is 48.5 Å². The van der Waals surface area contributed by atoms with Gasteiger partial charge in [0, 0.05) is 18.4 Å². The fourth-order valence-electron chi connectivity index (χ4n) is 1.93. The molecular formula is C16H19NO2. The Morgan fingerprint density at radius 3 is 1.84 bits per heavy atom. The van der Waals surface area contributed by atoms with Gasteiger partial charge in [-0.3, -0.25) is 0 Å². The number of ether oxygens (including phenoxy) is 1. The number of methoxy groups -OCH3 is 1. The van der Waals surface area contributed by atoms with E-state index < -0.39 is 6.10 Å². The second kappa shape index (κ2) is 5.76. The molecule has 100 valence electrons. The first-order valence-electron chi connectivity index (χ1n) is 6.27. The highest BCUT2D eigenvalue weighted by Crippen LogP contribution is 2.26. The van der Waals surface area contributed by atoms with Crippen molar-refractivity contribution >= 4 is 11.4 Å². The molecule has 0 fully saturated rings. The first-order chi connectivity index (χ1) is 9.11. The molecule has 3 heteroatoms. The van der Waals surface area contributed by atoms with Crippen LogP contribution in [0.2, 0.25) is 0 Å². The number of aliphatic hydroxyl groups is 1. The Morgan fingerprint density at radius 1 is 0.947 bits per heavy atom. The second-order valence-corrected chi connectivity index (χ2v) is 4.52. The monoisotopic (exact) mass is 257 g/mol. The number of hydrogen-bond donors (Lipinski definition) is 1. The van der Waals surface area contributed by atoms with Crippen molar-refractivity contribution < 1.29 is 9.84 Å². The molecule has 2 rings (SSSR count). The summed E-state index contributed by atoms with van der Waals surface area (Å²) in [5.41, 5.74) is 3.09. The third kappa shape index (κ3) is 3.06. The van der Waals surface area contributed by atoms with Crippen LogP contribution in [0.25, 0.3) is 0 Å². The lowest BCUT2D eigenvalue weighted by atomic mass is 10.1. The molecule has 3 nitrogen and oxygen atoms in total. The van der Waals surface area contributed by atoms with E-state index in [-0.39, 0.29) is 0 Å². The van der Waals surface area contributed by atoms with E-state index in [0.717, 1.165) is 22.7 Å². The molecule has 0 aromatic heterocycles. The Morgan fingerprint density at radius 2 is 1.42 bits per heavy atom. The zero-order chi connectivity index (χ0) is 13.8. The van der Waals surface area contributed by atoms with E-state index in [9.17, 15) is 5.11 Å². The van der Waals surface area contributed by atoms with Crippen LogP contribution < -0.4 is 9.64 Å². The Hall–Kier alpha value is -2.00. The molecule has 0 heterocycles. The van der Waals surface area contributed by atoms with E-state index in [4.69, 9.17) is 4.74 Å². The lowest BCUT2D eigenvalue weighted by molar-refractivity contribution is 0.199.